The van der Waals surface area contributed by atoms with Crippen LogP contribution in [0.25, 0.3) is 0 Å². The lowest BCUT2D eigenvalue weighted by Crippen LogP contribution is -2.12. The molecule has 0 unspecified atom stereocenters. The third-order valence-electron chi connectivity index (χ3n) is 2.92. The molecule has 0 bridgehead atoms. The van der Waals surface area contributed by atoms with Crippen molar-refractivity contribution in [1.29, 1.82) is 0 Å². The van der Waals surface area contributed by atoms with E-state index in [2.05, 4.69) is 50.8 Å². The van der Waals surface area contributed by atoms with E-state index in [0.29, 0.717) is 6.61 Å². The summed E-state index contributed by atoms with van der Waals surface area (Å²) < 4.78 is 5.69. The van der Waals surface area contributed by atoms with Gasteiger partial charge >= 0.3 is 0 Å². The maximum atomic E-state index is 5.69. The fourth-order valence-electron chi connectivity index (χ4n) is 1.86. The summed E-state index contributed by atoms with van der Waals surface area (Å²) in [6, 6.07) is 6.53. The number of hydrogen-bond donors (Lipinski definition) is 0. The second-order valence-corrected chi connectivity index (χ2v) is 5.43. The van der Waals surface area contributed by atoms with Gasteiger partial charge in [0, 0.05) is 6.42 Å². The van der Waals surface area contributed by atoms with Crippen LogP contribution in [0.15, 0.2) is 18.2 Å². The average molecular weight is 244 g/mol. The third kappa shape index (κ3) is 4.11. The fraction of sp³-hybridized carbons (Fsp3) is 0.529. The number of benzene rings is 1. The summed E-state index contributed by atoms with van der Waals surface area (Å²) in [5.41, 5.74) is 2.80. The van der Waals surface area contributed by atoms with Crippen LogP contribution in [0, 0.1) is 11.8 Å². The van der Waals surface area contributed by atoms with Crippen molar-refractivity contribution in [1.82, 2.24) is 0 Å². The first-order valence-electron chi connectivity index (χ1n) is 6.65. The Hall–Kier alpha value is -1.42. The summed E-state index contributed by atoms with van der Waals surface area (Å²) in [5.74, 6) is 7.07. The highest BCUT2D eigenvalue weighted by Crippen LogP contribution is 2.28. The van der Waals surface area contributed by atoms with Crippen molar-refractivity contribution in [3.05, 3.63) is 29.3 Å². The Morgan fingerprint density at radius 2 is 1.94 bits per heavy atom. The first-order chi connectivity index (χ1) is 8.49. The molecule has 0 spiro atoms. The second kappa shape index (κ2) is 6.50. The molecule has 18 heavy (non-hydrogen) atoms. The lowest BCUT2D eigenvalue weighted by molar-refractivity contribution is 0.336. The van der Waals surface area contributed by atoms with Crippen LogP contribution in [0.4, 0.5) is 0 Å². The molecule has 0 aliphatic rings. The van der Waals surface area contributed by atoms with E-state index in [1.165, 1.54) is 11.1 Å². The van der Waals surface area contributed by atoms with Gasteiger partial charge in [0.25, 0.3) is 0 Å². The van der Waals surface area contributed by atoms with Crippen LogP contribution < -0.4 is 4.74 Å². The molecule has 98 valence electrons. The van der Waals surface area contributed by atoms with Gasteiger partial charge in [0.1, 0.15) is 5.75 Å². The van der Waals surface area contributed by atoms with Crippen molar-refractivity contribution in [2.24, 2.45) is 0 Å². The predicted molar refractivity (Wildman–Crippen MR) is 78.1 cm³/mol. The molecule has 0 fully saturated rings. The van der Waals surface area contributed by atoms with Crippen LogP contribution in [0.5, 0.6) is 5.75 Å². The first kappa shape index (κ1) is 14.6. The molecule has 1 heteroatoms. The summed E-state index contributed by atoms with van der Waals surface area (Å²) in [7, 11) is 0. The molecule has 0 saturated heterocycles. The highest BCUT2D eigenvalue weighted by atomic mass is 16.5. The highest BCUT2D eigenvalue weighted by molar-refractivity contribution is 5.40. The molecule has 1 rings (SSSR count). The Morgan fingerprint density at radius 1 is 1.22 bits per heavy atom. The molecule has 1 nitrogen and oxygen atoms in total. The SMILES string of the molecule is CC#CCCc1cc(C(C)(C)C)ccc1OCC. The molecule has 0 N–H and O–H groups in total. The average Bonchev–Trinajstić information content (AvgIpc) is 2.30. The van der Waals surface area contributed by atoms with Crippen molar-refractivity contribution in [2.45, 2.75) is 52.9 Å². The van der Waals surface area contributed by atoms with Gasteiger partial charge in [0.05, 0.1) is 6.61 Å². The Bertz CT molecular complexity index is 441. The maximum absolute atomic E-state index is 5.69. The summed E-state index contributed by atoms with van der Waals surface area (Å²) in [5, 5.41) is 0. The van der Waals surface area contributed by atoms with E-state index < -0.39 is 0 Å². The lowest BCUT2D eigenvalue weighted by Gasteiger charge is -2.21. The van der Waals surface area contributed by atoms with Crippen molar-refractivity contribution in [3.63, 3.8) is 0 Å². The number of ether oxygens (including phenoxy) is 1. The van der Waals surface area contributed by atoms with Gasteiger partial charge in [-0.05, 0) is 42.9 Å². The van der Waals surface area contributed by atoms with Gasteiger partial charge in [-0.15, -0.1) is 11.8 Å². The second-order valence-electron chi connectivity index (χ2n) is 5.43. The van der Waals surface area contributed by atoms with Crippen LogP contribution in [0.3, 0.4) is 0 Å². The minimum Gasteiger partial charge on any atom is -0.494 e. The van der Waals surface area contributed by atoms with Gasteiger partial charge in [-0.1, -0.05) is 32.9 Å². The number of hydrogen-bond acceptors (Lipinski definition) is 1. The molecule has 0 radical (unpaired) electrons. The van der Waals surface area contributed by atoms with E-state index in [4.69, 9.17) is 4.74 Å². The normalized spacial score (nSPS) is 10.7. The Kier molecular flexibility index (Phi) is 5.28. The minimum absolute atomic E-state index is 0.177. The van der Waals surface area contributed by atoms with Crippen LogP contribution in [0.1, 0.15) is 52.2 Å². The molecule has 0 atom stereocenters. The van der Waals surface area contributed by atoms with Gasteiger partial charge in [0.2, 0.25) is 0 Å². The van der Waals surface area contributed by atoms with Crippen molar-refractivity contribution in [2.75, 3.05) is 6.61 Å². The largest absolute Gasteiger partial charge is 0.494 e. The Morgan fingerprint density at radius 3 is 2.50 bits per heavy atom. The summed E-state index contributed by atoms with van der Waals surface area (Å²) in [6.45, 7) is 11.3. The fourth-order valence-corrected chi connectivity index (χ4v) is 1.86. The van der Waals surface area contributed by atoms with Crippen molar-refractivity contribution >= 4 is 0 Å². The summed E-state index contributed by atoms with van der Waals surface area (Å²) >= 11 is 0. The van der Waals surface area contributed by atoms with E-state index in [1.807, 2.05) is 13.8 Å². The van der Waals surface area contributed by atoms with E-state index in [1.54, 1.807) is 0 Å². The molecule has 0 aromatic heterocycles. The zero-order valence-electron chi connectivity index (χ0n) is 12.3. The monoisotopic (exact) mass is 244 g/mol. The number of aryl methyl sites for hydroxylation is 1. The van der Waals surface area contributed by atoms with Crippen molar-refractivity contribution < 1.29 is 4.74 Å². The Labute approximate surface area is 112 Å². The molecule has 1 aromatic rings. The minimum atomic E-state index is 0.177. The van der Waals surface area contributed by atoms with Gasteiger partial charge in [-0.25, -0.2) is 0 Å². The van der Waals surface area contributed by atoms with Gasteiger partial charge in [-0.3, -0.25) is 0 Å². The van der Waals surface area contributed by atoms with E-state index in [9.17, 15) is 0 Å². The zero-order chi connectivity index (χ0) is 13.6. The molecule has 0 saturated carbocycles. The molecular formula is C17H24O. The van der Waals surface area contributed by atoms with Gasteiger partial charge in [0.15, 0.2) is 0 Å². The quantitative estimate of drug-likeness (QED) is 0.716. The standard InChI is InChI=1S/C17H24O/c1-6-8-9-10-14-13-15(17(3,4)5)11-12-16(14)18-7-2/h11-13H,7,9-10H2,1-5H3. The van der Waals surface area contributed by atoms with Gasteiger partial charge < -0.3 is 4.74 Å². The van der Waals surface area contributed by atoms with Crippen LogP contribution >= 0.6 is 0 Å². The van der Waals surface area contributed by atoms with Crippen molar-refractivity contribution in [3.8, 4) is 17.6 Å². The van der Waals surface area contributed by atoms with Crippen LogP contribution in [-0.4, -0.2) is 6.61 Å². The molecular weight excluding hydrogens is 220 g/mol. The summed E-state index contributed by atoms with van der Waals surface area (Å²) in [6.07, 6.45) is 1.85. The molecule has 0 heterocycles. The zero-order valence-corrected chi connectivity index (χ0v) is 12.3. The molecule has 0 aliphatic heterocycles. The summed E-state index contributed by atoms with van der Waals surface area (Å²) in [4.78, 5) is 0. The molecule has 0 amide bonds. The topological polar surface area (TPSA) is 9.23 Å². The first-order valence-corrected chi connectivity index (χ1v) is 6.65. The van der Waals surface area contributed by atoms with E-state index in [-0.39, 0.29) is 5.41 Å². The smallest absolute Gasteiger partial charge is 0.122 e. The van der Waals surface area contributed by atoms with E-state index in [0.717, 1.165) is 18.6 Å². The Balaban J connectivity index is 3.02. The molecule has 0 aliphatic carbocycles. The van der Waals surface area contributed by atoms with Crippen LogP contribution in [-0.2, 0) is 11.8 Å². The lowest BCUT2D eigenvalue weighted by atomic mass is 9.85. The number of rotatable bonds is 4. The predicted octanol–water partition coefficient (Wildman–Crippen LogP) is 4.34. The van der Waals surface area contributed by atoms with E-state index >= 15 is 0 Å². The van der Waals surface area contributed by atoms with Crippen LogP contribution in [0.2, 0.25) is 0 Å². The van der Waals surface area contributed by atoms with Gasteiger partial charge in [-0.2, -0.15) is 0 Å². The maximum Gasteiger partial charge on any atom is 0.122 e. The highest BCUT2D eigenvalue weighted by Gasteiger charge is 2.15. The third-order valence-corrected chi connectivity index (χ3v) is 2.92. The molecule has 1 aromatic carbocycles.